The molecule has 0 heterocycles. The van der Waals surface area contributed by atoms with Crippen molar-refractivity contribution in [1.29, 1.82) is 0 Å². The van der Waals surface area contributed by atoms with Crippen molar-refractivity contribution in [3.05, 3.63) is 30.1 Å². The minimum atomic E-state index is -0.330. The van der Waals surface area contributed by atoms with E-state index in [1.165, 1.54) is 12.1 Å². The molecule has 1 aromatic carbocycles. The van der Waals surface area contributed by atoms with Gasteiger partial charge in [0, 0.05) is 12.0 Å². The van der Waals surface area contributed by atoms with Gasteiger partial charge < -0.3 is 15.8 Å². The van der Waals surface area contributed by atoms with Gasteiger partial charge in [-0.1, -0.05) is 12.5 Å². The minimum Gasteiger partial charge on any atom is -0.492 e. The Labute approximate surface area is 130 Å². The van der Waals surface area contributed by atoms with Gasteiger partial charge >= 0.3 is 0 Å². The van der Waals surface area contributed by atoms with Gasteiger partial charge in [-0.25, -0.2) is 4.39 Å². The first-order valence-electron chi connectivity index (χ1n) is 7.07. The Morgan fingerprint density at radius 2 is 2.24 bits per heavy atom. The molecule has 1 aliphatic carbocycles. The summed E-state index contributed by atoms with van der Waals surface area (Å²) in [6.45, 7) is 1.32. The smallest absolute Gasteiger partial charge is 0.223 e. The second kappa shape index (κ2) is 8.85. The van der Waals surface area contributed by atoms with Crippen molar-refractivity contribution in [1.82, 2.24) is 5.32 Å². The van der Waals surface area contributed by atoms with E-state index in [4.69, 9.17) is 10.5 Å². The molecule has 21 heavy (non-hydrogen) atoms. The second-order valence-electron chi connectivity index (χ2n) is 5.13. The van der Waals surface area contributed by atoms with Crippen LogP contribution >= 0.6 is 12.4 Å². The molecule has 2 atom stereocenters. The van der Waals surface area contributed by atoms with Crippen LogP contribution in [0, 0.1) is 17.7 Å². The third-order valence-electron chi connectivity index (χ3n) is 3.76. The zero-order valence-corrected chi connectivity index (χ0v) is 12.7. The van der Waals surface area contributed by atoms with E-state index in [1.807, 2.05) is 0 Å². The molecule has 0 spiro atoms. The maximum Gasteiger partial charge on any atom is 0.223 e. The van der Waals surface area contributed by atoms with E-state index in [0.29, 0.717) is 31.4 Å². The number of nitrogens with two attached hydrogens (primary N) is 1. The van der Waals surface area contributed by atoms with Gasteiger partial charge in [-0.3, -0.25) is 4.79 Å². The molecule has 6 heteroatoms. The summed E-state index contributed by atoms with van der Waals surface area (Å²) in [6.07, 6.45) is 3.02. The fraction of sp³-hybridized carbons (Fsp3) is 0.533. The highest BCUT2D eigenvalue weighted by atomic mass is 35.5. The standard InChI is InChI=1S/C15H21FN2O2.ClH/c16-12-4-2-5-13(9-12)20-8-7-18-15(19)14-6-1-3-11(14)10-17;/h2,4-5,9,11,14H,1,3,6-8,10,17H2,(H,18,19);1H/t11-,14-;/m1./s1. The SMILES string of the molecule is Cl.NC[C@H]1CCC[C@H]1C(=O)NCCOc1cccc(F)c1. The molecule has 118 valence electrons. The highest BCUT2D eigenvalue weighted by Gasteiger charge is 2.31. The molecule has 1 amide bonds. The van der Waals surface area contributed by atoms with E-state index in [1.54, 1.807) is 12.1 Å². The van der Waals surface area contributed by atoms with Crippen molar-refractivity contribution in [2.24, 2.45) is 17.6 Å². The number of ether oxygens (including phenoxy) is 1. The zero-order valence-electron chi connectivity index (χ0n) is 11.9. The number of hydrogen-bond donors (Lipinski definition) is 2. The molecule has 0 unspecified atom stereocenters. The van der Waals surface area contributed by atoms with Gasteiger partial charge in [0.1, 0.15) is 18.2 Å². The number of carbonyl (C=O) groups excluding carboxylic acids is 1. The topological polar surface area (TPSA) is 64.4 Å². The zero-order chi connectivity index (χ0) is 14.4. The van der Waals surface area contributed by atoms with Gasteiger partial charge in [0.15, 0.2) is 0 Å². The number of nitrogens with one attached hydrogen (secondary N) is 1. The number of benzene rings is 1. The molecule has 1 saturated carbocycles. The van der Waals surface area contributed by atoms with Crippen LogP contribution in [0.5, 0.6) is 5.75 Å². The van der Waals surface area contributed by atoms with E-state index in [0.717, 1.165) is 19.3 Å². The summed E-state index contributed by atoms with van der Waals surface area (Å²) in [6, 6.07) is 5.96. The Morgan fingerprint density at radius 1 is 1.43 bits per heavy atom. The van der Waals surface area contributed by atoms with Crippen molar-refractivity contribution in [2.45, 2.75) is 19.3 Å². The Bertz CT molecular complexity index is 459. The Kier molecular flexibility index (Phi) is 7.47. The highest BCUT2D eigenvalue weighted by Crippen LogP contribution is 2.30. The molecule has 3 N–H and O–H groups in total. The third kappa shape index (κ3) is 5.17. The van der Waals surface area contributed by atoms with Crippen molar-refractivity contribution in [3.63, 3.8) is 0 Å². The molecule has 0 aliphatic heterocycles. The average molecular weight is 317 g/mol. The number of rotatable bonds is 6. The fourth-order valence-corrected chi connectivity index (χ4v) is 2.70. The predicted molar refractivity (Wildman–Crippen MR) is 82.0 cm³/mol. The summed E-state index contributed by atoms with van der Waals surface area (Å²) in [5, 5.41) is 2.86. The lowest BCUT2D eigenvalue weighted by molar-refractivity contribution is -0.126. The lowest BCUT2D eigenvalue weighted by Gasteiger charge is -2.17. The predicted octanol–water partition coefficient (Wildman–Crippen LogP) is 2.12. The van der Waals surface area contributed by atoms with Crippen LogP contribution in [-0.4, -0.2) is 25.6 Å². The minimum absolute atomic E-state index is 0. The van der Waals surface area contributed by atoms with Crippen LogP contribution in [0.15, 0.2) is 24.3 Å². The van der Waals surface area contributed by atoms with Crippen molar-refractivity contribution in [2.75, 3.05) is 19.7 Å². The Hall–Kier alpha value is -1.33. The highest BCUT2D eigenvalue weighted by molar-refractivity contribution is 5.85. The first-order valence-corrected chi connectivity index (χ1v) is 7.07. The summed E-state index contributed by atoms with van der Waals surface area (Å²) in [4.78, 5) is 12.0. The van der Waals surface area contributed by atoms with Gasteiger partial charge in [-0.2, -0.15) is 0 Å². The summed E-state index contributed by atoms with van der Waals surface area (Å²) in [5.41, 5.74) is 5.67. The molecule has 1 aliphatic rings. The van der Waals surface area contributed by atoms with Gasteiger partial charge in [-0.15, -0.1) is 12.4 Å². The molecule has 0 aromatic heterocycles. The first-order chi connectivity index (χ1) is 9.70. The molecular formula is C15H22ClFN2O2. The molecule has 0 saturated heterocycles. The summed E-state index contributed by atoms with van der Waals surface area (Å²) >= 11 is 0. The van der Waals surface area contributed by atoms with Crippen LogP contribution in [0.2, 0.25) is 0 Å². The van der Waals surface area contributed by atoms with Crippen LogP contribution < -0.4 is 15.8 Å². The molecule has 2 rings (SSSR count). The van der Waals surface area contributed by atoms with Gasteiger partial charge in [-0.05, 0) is 37.4 Å². The maximum absolute atomic E-state index is 12.9. The van der Waals surface area contributed by atoms with Crippen LogP contribution in [0.4, 0.5) is 4.39 Å². The third-order valence-corrected chi connectivity index (χ3v) is 3.76. The first kappa shape index (κ1) is 17.7. The number of carbonyl (C=O) groups is 1. The maximum atomic E-state index is 12.9. The Morgan fingerprint density at radius 3 is 2.95 bits per heavy atom. The van der Waals surface area contributed by atoms with E-state index < -0.39 is 0 Å². The molecule has 1 fully saturated rings. The van der Waals surface area contributed by atoms with Crippen molar-refractivity contribution in [3.8, 4) is 5.75 Å². The van der Waals surface area contributed by atoms with Crippen LogP contribution in [0.3, 0.4) is 0 Å². The average Bonchev–Trinajstić information content (AvgIpc) is 2.92. The van der Waals surface area contributed by atoms with E-state index >= 15 is 0 Å². The summed E-state index contributed by atoms with van der Waals surface area (Å²) in [7, 11) is 0. The quantitative estimate of drug-likeness (QED) is 0.790. The van der Waals surface area contributed by atoms with Crippen molar-refractivity contribution < 1.29 is 13.9 Å². The van der Waals surface area contributed by atoms with Crippen LogP contribution in [0.1, 0.15) is 19.3 Å². The van der Waals surface area contributed by atoms with Gasteiger partial charge in [0.25, 0.3) is 0 Å². The molecule has 0 radical (unpaired) electrons. The molecular weight excluding hydrogens is 295 g/mol. The van der Waals surface area contributed by atoms with Gasteiger partial charge in [0.05, 0.1) is 6.54 Å². The molecule has 1 aromatic rings. The van der Waals surface area contributed by atoms with E-state index in [9.17, 15) is 9.18 Å². The summed E-state index contributed by atoms with van der Waals surface area (Å²) in [5.74, 6) is 0.539. The number of hydrogen-bond acceptors (Lipinski definition) is 3. The van der Waals surface area contributed by atoms with Gasteiger partial charge in [0.2, 0.25) is 5.91 Å². The lowest BCUT2D eigenvalue weighted by Crippen LogP contribution is -2.37. The van der Waals surface area contributed by atoms with Crippen LogP contribution in [0.25, 0.3) is 0 Å². The lowest BCUT2D eigenvalue weighted by atomic mass is 9.95. The monoisotopic (exact) mass is 316 g/mol. The number of halogens is 2. The van der Waals surface area contributed by atoms with E-state index in [2.05, 4.69) is 5.32 Å². The van der Waals surface area contributed by atoms with Crippen molar-refractivity contribution >= 4 is 18.3 Å². The van der Waals surface area contributed by atoms with Crippen LogP contribution in [-0.2, 0) is 4.79 Å². The van der Waals surface area contributed by atoms with E-state index in [-0.39, 0.29) is 30.0 Å². The summed E-state index contributed by atoms with van der Waals surface area (Å²) < 4.78 is 18.3. The number of amides is 1. The normalized spacial score (nSPS) is 20.7. The fourth-order valence-electron chi connectivity index (χ4n) is 2.70. The largest absolute Gasteiger partial charge is 0.492 e. The molecule has 4 nitrogen and oxygen atoms in total. The molecule has 0 bridgehead atoms. The Balaban J connectivity index is 0.00000220. The second-order valence-corrected chi connectivity index (χ2v) is 5.13.